The van der Waals surface area contributed by atoms with Crippen LogP contribution in [0, 0.1) is 5.92 Å². The lowest BCUT2D eigenvalue weighted by Crippen LogP contribution is -2.56. The molecule has 1 heterocycles. The first-order valence-electron chi connectivity index (χ1n) is 3.90. The van der Waals surface area contributed by atoms with Crippen LogP contribution in [0.1, 0.15) is 6.42 Å². The van der Waals surface area contributed by atoms with Crippen LogP contribution in [0.15, 0.2) is 0 Å². The molecule has 0 aliphatic carbocycles. The number of carbonyl (C=O) groups excluding carboxylic acids is 3. The van der Waals surface area contributed by atoms with Crippen LogP contribution in [0.3, 0.4) is 0 Å². The molecule has 0 aromatic rings. The van der Waals surface area contributed by atoms with Gasteiger partial charge < -0.3 is 5.73 Å². The van der Waals surface area contributed by atoms with Crippen molar-refractivity contribution in [2.45, 2.75) is 6.42 Å². The Bertz CT molecular complexity index is 264. The summed E-state index contributed by atoms with van der Waals surface area (Å²) in [6, 6.07) is -0.678. The summed E-state index contributed by atoms with van der Waals surface area (Å²) < 4.78 is 0. The number of rotatable bonds is 2. The van der Waals surface area contributed by atoms with Gasteiger partial charge in [-0.1, -0.05) is 0 Å². The van der Waals surface area contributed by atoms with Gasteiger partial charge in [-0.15, -0.1) is 0 Å². The predicted molar refractivity (Wildman–Crippen MR) is 43.5 cm³/mol. The minimum absolute atomic E-state index is 0.242. The summed E-state index contributed by atoms with van der Waals surface area (Å²) in [7, 11) is 1.33. The zero-order valence-electron chi connectivity index (χ0n) is 7.24. The van der Waals surface area contributed by atoms with Gasteiger partial charge in [0.1, 0.15) is 5.92 Å². The maximum atomic E-state index is 11.3. The maximum absolute atomic E-state index is 11.3. The van der Waals surface area contributed by atoms with Crippen LogP contribution in [0.4, 0.5) is 4.79 Å². The molecule has 1 unspecified atom stereocenters. The van der Waals surface area contributed by atoms with E-state index in [0.717, 1.165) is 4.90 Å². The highest BCUT2D eigenvalue weighted by atomic mass is 16.2. The van der Waals surface area contributed by atoms with E-state index in [1.165, 1.54) is 7.05 Å². The molecule has 0 saturated carbocycles. The van der Waals surface area contributed by atoms with Crippen molar-refractivity contribution in [3.8, 4) is 0 Å². The van der Waals surface area contributed by atoms with E-state index in [-0.39, 0.29) is 13.0 Å². The van der Waals surface area contributed by atoms with Gasteiger partial charge in [0.25, 0.3) is 0 Å². The Morgan fingerprint density at radius 2 is 2.08 bits per heavy atom. The van der Waals surface area contributed by atoms with Crippen LogP contribution in [0.25, 0.3) is 0 Å². The molecule has 1 aliphatic heterocycles. The van der Waals surface area contributed by atoms with Crippen molar-refractivity contribution in [2.24, 2.45) is 11.7 Å². The topological polar surface area (TPSA) is 92.5 Å². The summed E-state index contributed by atoms with van der Waals surface area (Å²) in [5.74, 6) is -1.86. The van der Waals surface area contributed by atoms with Crippen molar-refractivity contribution in [1.29, 1.82) is 0 Å². The molecule has 1 fully saturated rings. The molecule has 3 N–H and O–H groups in total. The Morgan fingerprint density at radius 3 is 2.62 bits per heavy atom. The fourth-order valence-electron chi connectivity index (χ4n) is 1.14. The summed E-state index contributed by atoms with van der Waals surface area (Å²) >= 11 is 0. The molecule has 0 spiro atoms. The molecule has 13 heavy (non-hydrogen) atoms. The van der Waals surface area contributed by atoms with Gasteiger partial charge in [-0.3, -0.25) is 19.8 Å². The zero-order valence-corrected chi connectivity index (χ0v) is 7.24. The number of nitrogens with two attached hydrogens (primary N) is 1. The van der Waals surface area contributed by atoms with Crippen molar-refractivity contribution in [2.75, 3.05) is 13.6 Å². The van der Waals surface area contributed by atoms with Crippen molar-refractivity contribution < 1.29 is 14.4 Å². The van der Waals surface area contributed by atoms with Gasteiger partial charge in [0.05, 0.1) is 0 Å². The largest absolute Gasteiger partial charge is 0.330 e. The smallest absolute Gasteiger partial charge is 0.330 e. The van der Waals surface area contributed by atoms with Gasteiger partial charge in [0, 0.05) is 7.05 Å². The van der Waals surface area contributed by atoms with Gasteiger partial charge in [0.15, 0.2) is 0 Å². The van der Waals surface area contributed by atoms with Crippen molar-refractivity contribution in [3.63, 3.8) is 0 Å². The maximum Gasteiger partial charge on any atom is 0.330 e. The second-order valence-electron chi connectivity index (χ2n) is 2.82. The average molecular weight is 185 g/mol. The van der Waals surface area contributed by atoms with E-state index in [1.807, 2.05) is 0 Å². The molecule has 0 aromatic carbocycles. The molecular weight excluding hydrogens is 174 g/mol. The fourth-order valence-corrected chi connectivity index (χ4v) is 1.14. The van der Waals surface area contributed by atoms with E-state index in [9.17, 15) is 14.4 Å². The molecule has 6 nitrogen and oxygen atoms in total. The first-order valence-corrected chi connectivity index (χ1v) is 3.90. The van der Waals surface area contributed by atoms with Gasteiger partial charge in [-0.25, -0.2) is 4.79 Å². The van der Waals surface area contributed by atoms with Gasteiger partial charge in [0.2, 0.25) is 11.8 Å². The minimum atomic E-state index is -0.812. The van der Waals surface area contributed by atoms with Crippen LogP contribution in [-0.4, -0.2) is 36.3 Å². The number of imide groups is 2. The third kappa shape index (κ3) is 1.67. The summed E-state index contributed by atoms with van der Waals surface area (Å²) in [4.78, 5) is 34.2. The van der Waals surface area contributed by atoms with Crippen LogP contribution in [0.2, 0.25) is 0 Å². The highest BCUT2D eigenvalue weighted by Gasteiger charge is 2.37. The highest BCUT2D eigenvalue weighted by molar-refractivity contribution is 6.15. The number of nitrogens with one attached hydrogen (secondary N) is 1. The number of carbonyl (C=O) groups is 3. The van der Waals surface area contributed by atoms with E-state index < -0.39 is 23.8 Å². The number of amides is 4. The first kappa shape index (κ1) is 9.66. The standard InChI is InChI=1S/C7H11N3O3/c1-10-6(12)4(2-3-8)5(11)9-7(10)13/h4H,2-3,8H2,1H3,(H,9,11,13). The van der Waals surface area contributed by atoms with Gasteiger partial charge in [-0.2, -0.15) is 0 Å². The Hall–Kier alpha value is -1.43. The molecule has 4 amide bonds. The quantitative estimate of drug-likeness (QED) is 0.521. The monoisotopic (exact) mass is 185 g/mol. The summed E-state index contributed by atoms with van der Waals surface area (Å²) in [5, 5.41) is 2.07. The molecule has 72 valence electrons. The van der Waals surface area contributed by atoms with Crippen LogP contribution < -0.4 is 11.1 Å². The second-order valence-corrected chi connectivity index (χ2v) is 2.82. The molecule has 6 heteroatoms. The lowest BCUT2D eigenvalue weighted by molar-refractivity contribution is -0.141. The average Bonchev–Trinajstić information content (AvgIpc) is 2.09. The normalized spacial score (nSPS) is 23.4. The number of barbiturate groups is 1. The molecule has 0 radical (unpaired) electrons. The summed E-state index contributed by atoms with van der Waals surface area (Å²) in [5.41, 5.74) is 5.23. The number of hydrogen-bond acceptors (Lipinski definition) is 4. The lowest BCUT2D eigenvalue weighted by Gasteiger charge is -2.26. The molecule has 0 bridgehead atoms. The van der Waals surface area contributed by atoms with Crippen LogP contribution in [0.5, 0.6) is 0 Å². The van der Waals surface area contributed by atoms with E-state index in [2.05, 4.69) is 5.32 Å². The minimum Gasteiger partial charge on any atom is -0.330 e. The van der Waals surface area contributed by atoms with E-state index in [4.69, 9.17) is 5.73 Å². The molecular formula is C7H11N3O3. The van der Waals surface area contributed by atoms with Crippen LogP contribution >= 0.6 is 0 Å². The fraction of sp³-hybridized carbons (Fsp3) is 0.571. The summed E-state index contributed by atoms with van der Waals surface area (Å²) in [6.07, 6.45) is 0.266. The van der Waals surface area contributed by atoms with Crippen molar-refractivity contribution in [1.82, 2.24) is 10.2 Å². The van der Waals surface area contributed by atoms with E-state index in [0.29, 0.717) is 0 Å². The number of urea groups is 1. The first-order chi connectivity index (χ1) is 6.07. The number of hydrogen-bond donors (Lipinski definition) is 2. The lowest BCUT2D eigenvalue weighted by atomic mass is 10.0. The highest BCUT2D eigenvalue weighted by Crippen LogP contribution is 2.11. The molecule has 1 aliphatic rings. The Balaban J connectivity index is 2.79. The molecule has 0 aromatic heterocycles. The van der Waals surface area contributed by atoms with E-state index >= 15 is 0 Å². The van der Waals surface area contributed by atoms with Gasteiger partial charge in [-0.05, 0) is 13.0 Å². The third-order valence-electron chi connectivity index (χ3n) is 1.94. The Labute approximate surface area is 75.1 Å². The predicted octanol–water partition coefficient (Wildman–Crippen LogP) is -1.34. The molecule has 1 rings (SSSR count). The van der Waals surface area contributed by atoms with Crippen molar-refractivity contribution in [3.05, 3.63) is 0 Å². The third-order valence-corrected chi connectivity index (χ3v) is 1.94. The second kappa shape index (κ2) is 3.53. The molecule has 1 atom stereocenters. The van der Waals surface area contributed by atoms with E-state index in [1.54, 1.807) is 0 Å². The SMILES string of the molecule is CN1C(=O)NC(=O)C(CCN)C1=O. The Morgan fingerprint density at radius 1 is 1.46 bits per heavy atom. The van der Waals surface area contributed by atoms with Crippen molar-refractivity contribution >= 4 is 17.8 Å². The molecule has 1 saturated heterocycles. The number of nitrogens with zero attached hydrogens (tertiary/aromatic N) is 1. The summed E-state index contributed by atoms with van der Waals surface area (Å²) in [6.45, 7) is 0.242. The zero-order chi connectivity index (χ0) is 10.0. The van der Waals surface area contributed by atoms with Gasteiger partial charge >= 0.3 is 6.03 Å². The van der Waals surface area contributed by atoms with Crippen LogP contribution in [-0.2, 0) is 9.59 Å². The Kier molecular flexibility index (Phi) is 2.62.